The van der Waals surface area contributed by atoms with Crippen LogP contribution in [0.15, 0.2) is 36.2 Å². The summed E-state index contributed by atoms with van der Waals surface area (Å²) in [6.07, 6.45) is -0.894. The zero-order valence-corrected chi connectivity index (χ0v) is 48.2. The smallest absolute Gasteiger partial charge is 0.309 e. The Morgan fingerprint density at radius 3 is 2.25 bits per heavy atom. The van der Waals surface area contributed by atoms with Gasteiger partial charge in [0.05, 0.1) is 53.7 Å². The summed E-state index contributed by atoms with van der Waals surface area (Å²) in [5, 5.41) is 61.8. The highest BCUT2D eigenvalue weighted by molar-refractivity contribution is 5.73. The number of likely N-dealkylation sites (N-methyl/N-ethyl adjacent to an activating group) is 1. The number of benzene rings is 1. The Hall–Kier alpha value is -2.72. The topological polar surface area (TPSA) is 193 Å². The number of esters is 1. The van der Waals surface area contributed by atoms with Gasteiger partial charge in [0.25, 0.3) is 0 Å². The first kappa shape index (κ1) is 61.5. The summed E-state index contributed by atoms with van der Waals surface area (Å²) in [7, 11) is 7.47. The van der Waals surface area contributed by atoms with Gasteiger partial charge in [0, 0.05) is 102 Å². The first-order chi connectivity index (χ1) is 35.1. The number of hydrogen-bond donors (Lipinski definition) is 6. The second kappa shape index (κ2) is 25.6. The third-order valence-electron chi connectivity index (χ3n) is 18.2. The predicted octanol–water partition coefficient (Wildman–Crippen LogP) is 5.43. The third kappa shape index (κ3) is 14.4. The van der Waals surface area contributed by atoms with Crippen molar-refractivity contribution in [1.82, 2.24) is 25.4 Å². The van der Waals surface area contributed by atoms with Crippen molar-refractivity contribution in [2.75, 3.05) is 72.6 Å². The molecule has 0 bridgehead atoms. The van der Waals surface area contributed by atoms with E-state index in [2.05, 4.69) is 67.3 Å². The second-order valence-corrected chi connectivity index (χ2v) is 24.6. The molecule has 6 rings (SSSR count). The molecule has 5 aliphatic heterocycles. The number of methoxy groups -OCH3 is 1. The summed E-state index contributed by atoms with van der Waals surface area (Å²) in [4.78, 5) is 21.1. The molecule has 430 valence electrons. The predicted molar refractivity (Wildman–Crippen MR) is 288 cm³/mol. The molecule has 0 radical (unpaired) electrons. The fourth-order valence-corrected chi connectivity index (χ4v) is 13.5. The van der Waals surface area contributed by atoms with Crippen molar-refractivity contribution in [3.8, 4) is 0 Å². The van der Waals surface area contributed by atoms with Crippen LogP contribution in [-0.2, 0) is 28.5 Å². The van der Waals surface area contributed by atoms with Gasteiger partial charge >= 0.3 is 5.97 Å². The molecule has 18 heteroatoms. The van der Waals surface area contributed by atoms with E-state index in [0.717, 1.165) is 49.4 Å². The van der Waals surface area contributed by atoms with Gasteiger partial charge in [-0.1, -0.05) is 46.8 Å². The van der Waals surface area contributed by atoms with Crippen molar-refractivity contribution in [2.45, 2.75) is 211 Å². The van der Waals surface area contributed by atoms with Crippen molar-refractivity contribution < 1.29 is 58.4 Å². The highest BCUT2D eigenvalue weighted by atomic mass is 19.1. The summed E-state index contributed by atoms with van der Waals surface area (Å²) in [5.74, 6) is -2.65. The first-order valence-corrected chi connectivity index (χ1v) is 28.1. The summed E-state index contributed by atoms with van der Waals surface area (Å²) < 4.78 is 47.6. The average Bonchev–Trinajstić information content (AvgIpc) is 3.96. The van der Waals surface area contributed by atoms with Crippen LogP contribution in [0.4, 0.5) is 10.1 Å². The Bertz CT molecular complexity index is 2000. The Balaban J connectivity index is 1.20. The molecule has 0 aromatic heterocycles. The number of β-amino-alcohol motifs (C(OH)–C–C–N with tert-alkyl or cyclic N) is 1. The van der Waals surface area contributed by atoms with E-state index >= 15 is 0 Å². The monoisotopic (exact) mass is 1060 g/mol. The molecule has 0 spiro atoms. The fraction of sp³-hybridized carbons (Fsp3) is 0.842. The maximum atomic E-state index is 15.0. The quantitative estimate of drug-likeness (QED) is 0.122. The van der Waals surface area contributed by atoms with E-state index in [-0.39, 0.29) is 42.8 Å². The van der Waals surface area contributed by atoms with Gasteiger partial charge in [0.1, 0.15) is 30.6 Å². The Labute approximate surface area is 448 Å². The van der Waals surface area contributed by atoms with Crippen LogP contribution < -0.4 is 10.3 Å². The molecule has 5 heterocycles. The zero-order valence-electron chi connectivity index (χ0n) is 48.2. The van der Waals surface area contributed by atoms with Crippen LogP contribution in [0.5, 0.6) is 0 Å². The van der Waals surface area contributed by atoms with Gasteiger partial charge in [-0.15, -0.1) is 5.12 Å². The number of cyclic esters (lactones) is 1. The lowest BCUT2D eigenvalue weighted by Gasteiger charge is -2.51. The molecule has 1 aromatic rings. The van der Waals surface area contributed by atoms with E-state index in [9.17, 15) is 34.7 Å². The minimum Gasteiger partial charge on any atom is -0.459 e. The minimum absolute atomic E-state index is 0.0935. The molecule has 4 fully saturated rings. The van der Waals surface area contributed by atoms with Gasteiger partial charge in [-0.25, -0.2) is 4.39 Å². The summed E-state index contributed by atoms with van der Waals surface area (Å²) >= 11 is 0. The molecule has 0 amide bonds. The van der Waals surface area contributed by atoms with Crippen molar-refractivity contribution in [3.63, 3.8) is 0 Å². The van der Waals surface area contributed by atoms with E-state index in [1.807, 2.05) is 63.0 Å². The van der Waals surface area contributed by atoms with Crippen LogP contribution in [0.3, 0.4) is 0 Å². The summed E-state index contributed by atoms with van der Waals surface area (Å²) in [6, 6.07) is 7.35. The van der Waals surface area contributed by atoms with Crippen molar-refractivity contribution in [2.24, 2.45) is 29.6 Å². The van der Waals surface area contributed by atoms with E-state index < -0.39 is 102 Å². The van der Waals surface area contributed by atoms with Crippen molar-refractivity contribution in [1.29, 1.82) is 0 Å². The molecular weight excluding hydrogens is 964 g/mol. The molecule has 17 nitrogen and oxygen atoms in total. The first-order valence-electron chi connectivity index (χ1n) is 28.1. The van der Waals surface area contributed by atoms with Crippen LogP contribution in [-0.4, -0.2) is 203 Å². The number of alkyl halides is 1. The number of aliphatic hydroxyl groups excluding tert-OH is 3. The maximum absolute atomic E-state index is 15.0. The summed E-state index contributed by atoms with van der Waals surface area (Å²) in [5.41, 5.74) is 2.30. The van der Waals surface area contributed by atoms with Gasteiger partial charge in [0.2, 0.25) is 0 Å². The third-order valence-corrected chi connectivity index (χ3v) is 18.2. The number of nitrogens with zero attached hydrogens (tertiary/aromatic N) is 5. The SMILES string of the molecule is CC[C@H]1OC(=O)[C@H](C)[C@@H](C2C[C@@](C)(OC)[C@@H](O)[C@H](C)O2)[C@H](C)[C@@H](O[C@H]2C[C@@H](CN(C)CCC3=CN([C@H](CF)[C@H](C)c4ccc(N5CC[C@@H](O)C5)cc4)N(C)N3)CC(C)O2)[C@](C)(O)C[C@@H](C)CN(C)[C@H](C)[C@@H](O)[C@]1(C)O. The highest BCUT2D eigenvalue weighted by Crippen LogP contribution is 2.45. The second-order valence-electron chi connectivity index (χ2n) is 24.6. The molecule has 0 aliphatic carbocycles. The minimum atomic E-state index is -1.79. The van der Waals surface area contributed by atoms with Crippen LogP contribution in [0.2, 0.25) is 0 Å². The van der Waals surface area contributed by atoms with E-state index in [4.69, 9.17) is 23.7 Å². The number of hydrazine groups is 2. The van der Waals surface area contributed by atoms with Gasteiger partial charge in [0.15, 0.2) is 6.29 Å². The number of rotatable bonds is 15. The zero-order chi connectivity index (χ0) is 55.5. The lowest BCUT2D eigenvalue weighted by Crippen LogP contribution is -2.61. The molecule has 5 aliphatic rings. The molecule has 0 saturated carbocycles. The molecule has 6 N–H and O–H groups in total. The number of anilines is 1. The lowest BCUT2D eigenvalue weighted by molar-refractivity contribution is -0.275. The standard InChI is InChI=1S/C57H99FN6O11/c1-16-48-57(11,70)51(66)39(7)61(13)30-34(2)27-55(9,69)53(37(5)50(38(6)54(68)74-48)47-28-56(10,71-15)52(67)40(8)73-47)75-49-26-41(25-35(3)72-49)31-60(12)23-21-43-32-64(62(14)59-43)46(29-58)36(4)42-17-19-44(20-18-42)63-24-22-45(65)33-63/h17-20,32,34-41,45-53,59,65-67,69-70H,16,21-31,33H2,1-15H3/t34-,35?,36-,37+,38-,39-,40+,41+,45-,46-,47?,48-,49+,50+,51-,52+,53-,55-,56-,57-/m1/s1. The fourth-order valence-electron chi connectivity index (χ4n) is 13.5. The van der Waals surface area contributed by atoms with E-state index in [1.54, 1.807) is 27.9 Å². The Morgan fingerprint density at radius 2 is 1.64 bits per heavy atom. The Kier molecular flexibility index (Phi) is 21.0. The largest absolute Gasteiger partial charge is 0.459 e. The van der Waals surface area contributed by atoms with Crippen LogP contribution >= 0.6 is 0 Å². The lowest BCUT2D eigenvalue weighted by atomic mass is 9.68. The maximum Gasteiger partial charge on any atom is 0.309 e. The number of nitrogens with one attached hydrogen (secondary N) is 1. The van der Waals surface area contributed by atoms with E-state index in [0.29, 0.717) is 32.4 Å². The van der Waals surface area contributed by atoms with Gasteiger partial charge in [-0.3, -0.25) is 9.80 Å². The summed E-state index contributed by atoms with van der Waals surface area (Å²) in [6.45, 7) is 23.5. The highest BCUT2D eigenvalue weighted by Gasteiger charge is 2.54. The molecule has 4 saturated heterocycles. The number of hydrogen-bond acceptors (Lipinski definition) is 17. The number of carbonyl (C=O) groups excluding carboxylic acids is 1. The molecule has 20 atom stereocenters. The normalized spacial score (nSPS) is 41.2. The van der Waals surface area contributed by atoms with Gasteiger partial charge < -0.3 is 69.3 Å². The number of halogens is 1. The van der Waals surface area contributed by atoms with E-state index in [1.165, 1.54) is 6.92 Å². The number of carbonyl (C=O) groups is 1. The van der Waals surface area contributed by atoms with Crippen LogP contribution in [0.1, 0.15) is 133 Å². The van der Waals surface area contributed by atoms with Crippen molar-refractivity contribution >= 4 is 11.7 Å². The van der Waals surface area contributed by atoms with Crippen molar-refractivity contribution in [3.05, 3.63) is 41.7 Å². The van der Waals surface area contributed by atoms with Crippen LogP contribution in [0.25, 0.3) is 0 Å². The number of ether oxygens (including phenoxy) is 5. The Morgan fingerprint density at radius 1 is 0.960 bits per heavy atom. The number of aliphatic hydroxyl groups is 5. The molecular formula is C57H99FN6O11. The van der Waals surface area contributed by atoms with Crippen LogP contribution in [0, 0.1) is 29.6 Å². The van der Waals surface area contributed by atoms with Gasteiger partial charge in [-0.2, -0.15) is 0 Å². The average molecular weight is 1060 g/mol. The molecule has 1 aromatic carbocycles. The molecule has 75 heavy (non-hydrogen) atoms. The molecule has 2 unspecified atom stereocenters. The van der Waals surface area contributed by atoms with Gasteiger partial charge in [-0.05, 0) is 117 Å².